The smallest absolute Gasteiger partial charge is 0.227 e. The lowest BCUT2D eigenvalue weighted by Gasteiger charge is -2.06. The predicted octanol–water partition coefficient (Wildman–Crippen LogP) is 2.33. The van der Waals surface area contributed by atoms with Crippen molar-refractivity contribution in [1.29, 1.82) is 5.26 Å². The monoisotopic (exact) mass is 245 g/mol. The van der Waals surface area contributed by atoms with Crippen molar-refractivity contribution in [1.82, 2.24) is 9.97 Å². The molecule has 17 heavy (non-hydrogen) atoms. The van der Waals surface area contributed by atoms with Crippen LogP contribution in [0.1, 0.15) is 5.56 Å². The molecule has 0 spiro atoms. The molecule has 6 heteroatoms. The summed E-state index contributed by atoms with van der Waals surface area (Å²) in [5.74, 6) is 0.371. The molecule has 84 valence electrons. The number of nitriles is 1. The molecule has 5 nitrogen and oxygen atoms in total. The average molecular weight is 246 g/mol. The summed E-state index contributed by atoms with van der Waals surface area (Å²) in [5, 5.41) is 12.2. The Hall–Kier alpha value is -2.32. The molecular formula is C11H8ClN5. The third-order valence-electron chi connectivity index (χ3n) is 2.01. The minimum absolute atomic E-state index is 0.371. The number of benzene rings is 1. The first-order valence-electron chi connectivity index (χ1n) is 4.73. The number of hydrogen-bond donors (Lipinski definition) is 2. The highest BCUT2D eigenvalue weighted by atomic mass is 35.5. The van der Waals surface area contributed by atoms with Crippen LogP contribution in [-0.2, 0) is 0 Å². The zero-order chi connectivity index (χ0) is 12.3. The lowest BCUT2D eigenvalue weighted by molar-refractivity contribution is 1.17. The second kappa shape index (κ2) is 4.68. The molecule has 1 aromatic carbocycles. The minimum atomic E-state index is 0.371. The Bertz CT molecular complexity index is 573. The van der Waals surface area contributed by atoms with Gasteiger partial charge in [-0.2, -0.15) is 5.26 Å². The zero-order valence-electron chi connectivity index (χ0n) is 8.68. The van der Waals surface area contributed by atoms with Gasteiger partial charge in [-0.3, -0.25) is 0 Å². The summed E-state index contributed by atoms with van der Waals surface area (Å²) in [4.78, 5) is 7.96. The number of nitrogens with zero attached hydrogens (tertiary/aromatic N) is 3. The van der Waals surface area contributed by atoms with Gasteiger partial charge in [-0.25, -0.2) is 9.97 Å². The maximum atomic E-state index is 8.79. The van der Waals surface area contributed by atoms with Crippen molar-refractivity contribution in [3.05, 3.63) is 41.2 Å². The van der Waals surface area contributed by atoms with Crippen LogP contribution in [0.15, 0.2) is 30.6 Å². The highest BCUT2D eigenvalue weighted by Crippen LogP contribution is 2.24. The van der Waals surface area contributed by atoms with E-state index >= 15 is 0 Å². The van der Waals surface area contributed by atoms with E-state index in [9.17, 15) is 0 Å². The number of rotatable bonds is 2. The van der Waals surface area contributed by atoms with Crippen LogP contribution < -0.4 is 11.1 Å². The molecule has 0 aliphatic heterocycles. The molecular weight excluding hydrogens is 238 g/mol. The molecule has 0 unspecified atom stereocenters. The van der Waals surface area contributed by atoms with Gasteiger partial charge in [-0.05, 0) is 18.2 Å². The molecule has 0 saturated carbocycles. The second-order valence-electron chi connectivity index (χ2n) is 3.27. The Labute approximate surface area is 103 Å². The SMILES string of the molecule is N#Cc1ccc(Cl)c(Nc2ncc(N)cn2)c1. The fraction of sp³-hybridized carbons (Fsp3) is 0. The quantitative estimate of drug-likeness (QED) is 0.848. The molecule has 1 heterocycles. The van der Waals surface area contributed by atoms with Gasteiger partial charge in [0.05, 0.1) is 40.4 Å². The van der Waals surface area contributed by atoms with Crippen molar-refractivity contribution in [2.45, 2.75) is 0 Å². The number of anilines is 3. The fourth-order valence-corrected chi connectivity index (χ4v) is 1.38. The van der Waals surface area contributed by atoms with Gasteiger partial charge in [0.25, 0.3) is 0 Å². The summed E-state index contributed by atoms with van der Waals surface area (Å²) < 4.78 is 0. The van der Waals surface area contributed by atoms with Gasteiger partial charge < -0.3 is 11.1 Å². The van der Waals surface area contributed by atoms with E-state index in [4.69, 9.17) is 22.6 Å². The van der Waals surface area contributed by atoms with E-state index in [1.807, 2.05) is 6.07 Å². The number of aromatic nitrogens is 2. The number of nitrogens with one attached hydrogen (secondary N) is 1. The highest BCUT2D eigenvalue weighted by molar-refractivity contribution is 6.33. The van der Waals surface area contributed by atoms with Gasteiger partial charge in [0, 0.05) is 0 Å². The summed E-state index contributed by atoms with van der Waals surface area (Å²) in [5.41, 5.74) is 7.04. The third-order valence-corrected chi connectivity index (χ3v) is 2.34. The van der Waals surface area contributed by atoms with Gasteiger partial charge in [-0.1, -0.05) is 11.6 Å². The second-order valence-corrected chi connectivity index (χ2v) is 3.68. The van der Waals surface area contributed by atoms with Gasteiger partial charge in [-0.15, -0.1) is 0 Å². The fourth-order valence-electron chi connectivity index (χ4n) is 1.21. The zero-order valence-corrected chi connectivity index (χ0v) is 9.44. The van der Waals surface area contributed by atoms with E-state index in [1.54, 1.807) is 18.2 Å². The maximum Gasteiger partial charge on any atom is 0.227 e. The normalized spacial score (nSPS) is 9.65. The van der Waals surface area contributed by atoms with Crippen molar-refractivity contribution in [3.63, 3.8) is 0 Å². The number of halogens is 1. The molecule has 0 aliphatic rings. The van der Waals surface area contributed by atoms with Gasteiger partial charge in [0.15, 0.2) is 0 Å². The first-order valence-corrected chi connectivity index (χ1v) is 5.11. The molecule has 0 amide bonds. The van der Waals surface area contributed by atoms with Crippen LogP contribution in [0, 0.1) is 11.3 Å². The highest BCUT2D eigenvalue weighted by Gasteiger charge is 2.03. The van der Waals surface area contributed by atoms with Crippen molar-refractivity contribution in [2.24, 2.45) is 0 Å². The summed E-state index contributed by atoms with van der Waals surface area (Å²) >= 11 is 5.98. The topological polar surface area (TPSA) is 87.6 Å². The molecule has 0 fully saturated rings. The van der Waals surface area contributed by atoms with Gasteiger partial charge in [0.2, 0.25) is 5.95 Å². The molecule has 0 radical (unpaired) electrons. The Morgan fingerprint density at radius 3 is 2.65 bits per heavy atom. The largest absolute Gasteiger partial charge is 0.396 e. The molecule has 0 atom stereocenters. The van der Waals surface area contributed by atoms with Gasteiger partial charge >= 0.3 is 0 Å². The average Bonchev–Trinajstić information content (AvgIpc) is 2.35. The Kier molecular flexibility index (Phi) is 3.08. The molecule has 2 rings (SSSR count). The van der Waals surface area contributed by atoms with Gasteiger partial charge in [0.1, 0.15) is 0 Å². The van der Waals surface area contributed by atoms with Crippen LogP contribution in [0.5, 0.6) is 0 Å². The molecule has 1 aromatic heterocycles. The Balaban J connectivity index is 2.29. The lowest BCUT2D eigenvalue weighted by Crippen LogP contribution is -1.98. The third kappa shape index (κ3) is 2.62. The first-order chi connectivity index (χ1) is 8.19. The van der Waals surface area contributed by atoms with Crippen LogP contribution in [0.25, 0.3) is 0 Å². The summed E-state index contributed by atoms with van der Waals surface area (Å²) in [6, 6.07) is 6.93. The molecule has 2 aromatic rings. The van der Waals surface area contributed by atoms with Crippen LogP contribution in [-0.4, -0.2) is 9.97 Å². The van der Waals surface area contributed by atoms with E-state index < -0.39 is 0 Å². The summed E-state index contributed by atoms with van der Waals surface area (Å²) in [7, 11) is 0. The van der Waals surface area contributed by atoms with E-state index in [1.165, 1.54) is 12.4 Å². The minimum Gasteiger partial charge on any atom is -0.396 e. The molecule has 0 bridgehead atoms. The van der Waals surface area contributed by atoms with Crippen molar-refractivity contribution in [3.8, 4) is 6.07 Å². The molecule has 3 N–H and O–H groups in total. The lowest BCUT2D eigenvalue weighted by atomic mass is 10.2. The Morgan fingerprint density at radius 2 is 2.00 bits per heavy atom. The van der Waals surface area contributed by atoms with E-state index in [0.717, 1.165) is 0 Å². The molecule has 0 aliphatic carbocycles. The van der Waals surface area contributed by atoms with Crippen molar-refractivity contribution < 1.29 is 0 Å². The number of hydrogen-bond acceptors (Lipinski definition) is 5. The van der Waals surface area contributed by atoms with Crippen LogP contribution in [0.4, 0.5) is 17.3 Å². The van der Waals surface area contributed by atoms with E-state index in [2.05, 4.69) is 15.3 Å². The van der Waals surface area contributed by atoms with E-state index in [-0.39, 0.29) is 0 Å². The van der Waals surface area contributed by atoms with Crippen LogP contribution in [0.3, 0.4) is 0 Å². The standard InChI is InChI=1S/C11H8ClN5/c12-9-2-1-7(4-13)3-10(9)17-11-15-5-8(14)6-16-11/h1-3,5-6H,14H2,(H,15,16,17). The number of nitrogens with two attached hydrogens (primary N) is 1. The number of nitrogen functional groups attached to an aromatic ring is 1. The Morgan fingerprint density at radius 1 is 1.29 bits per heavy atom. The summed E-state index contributed by atoms with van der Waals surface area (Å²) in [6.45, 7) is 0. The predicted molar refractivity (Wildman–Crippen MR) is 65.9 cm³/mol. The molecule has 0 saturated heterocycles. The van der Waals surface area contributed by atoms with Crippen LogP contribution >= 0.6 is 11.6 Å². The van der Waals surface area contributed by atoms with Crippen LogP contribution in [0.2, 0.25) is 5.02 Å². The van der Waals surface area contributed by atoms with Crippen molar-refractivity contribution in [2.75, 3.05) is 11.1 Å². The summed E-state index contributed by atoms with van der Waals surface area (Å²) in [6.07, 6.45) is 2.97. The van der Waals surface area contributed by atoms with Crippen molar-refractivity contribution >= 4 is 28.9 Å². The van der Waals surface area contributed by atoms with E-state index in [0.29, 0.717) is 27.9 Å². The first kappa shape index (κ1) is 11.2. The maximum absolute atomic E-state index is 8.79.